The van der Waals surface area contributed by atoms with Crippen molar-refractivity contribution in [1.29, 1.82) is 0 Å². The topological polar surface area (TPSA) is 46.5 Å². The minimum absolute atomic E-state index is 0.176. The van der Waals surface area contributed by atoms with Crippen molar-refractivity contribution >= 4 is 43.2 Å². The smallest absolute Gasteiger partial charge is 0.199 e. The third-order valence-electron chi connectivity index (χ3n) is 2.54. The van der Waals surface area contributed by atoms with Crippen molar-refractivity contribution in [3.63, 3.8) is 0 Å². The molecule has 0 saturated carbocycles. The Hall–Kier alpha value is -1.50. The molecular formula is C15H13NO2S3. The molecule has 2 aromatic carbocycles. The molecule has 0 N–H and O–H groups in total. The molecule has 0 aliphatic rings. The fourth-order valence-corrected chi connectivity index (χ4v) is 4.01. The van der Waals surface area contributed by atoms with E-state index in [2.05, 4.69) is 4.40 Å². The first-order valence-electron chi connectivity index (χ1n) is 6.13. The number of rotatable bonds is 3. The highest BCUT2D eigenvalue weighted by Gasteiger charge is 2.13. The van der Waals surface area contributed by atoms with Gasteiger partial charge in [-0.3, -0.25) is 0 Å². The zero-order valence-corrected chi connectivity index (χ0v) is 13.7. The molecule has 0 saturated heterocycles. The first-order valence-corrected chi connectivity index (χ1v) is 8.79. The van der Waals surface area contributed by atoms with Crippen LogP contribution in [-0.2, 0) is 10.0 Å². The summed E-state index contributed by atoms with van der Waals surface area (Å²) < 4.78 is 28.6. The zero-order valence-electron chi connectivity index (χ0n) is 11.3. The Morgan fingerprint density at radius 1 is 1.00 bits per heavy atom. The number of thioether (sulfide) groups is 1. The second-order valence-corrected chi connectivity index (χ2v) is 7.63. The van der Waals surface area contributed by atoms with Crippen LogP contribution in [0.5, 0.6) is 0 Å². The van der Waals surface area contributed by atoms with Crippen LogP contribution in [0.3, 0.4) is 0 Å². The molecule has 2 rings (SSSR count). The van der Waals surface area contributed by atoms with E-state index in [-0.39, 0.29) is 4.90 Å². The van der Waals surface area contributed by atoms with Crippen molar-refractivity contribution < 1.29 is 8.42 Å². The molecule has 0 unspecified atom stereocenters. The predicted molar refractivity (Wildman–Crippen MR) is 92.5 cm³/mol. The lowest BCUT2D eigenvalue weighted by Gasteiger charge is -2.04. The lowest BCUT2D eigenvalue weighted by molar-refractivity contribution is 0.598. The number of nitrogens with zero attached hydrogens (tertiary/aromatic N) is 1. The summed E-state index contributed by atoms with van der Waals surface area (Å²) in [7, 11) is -3.68. The van der Waals surface area contributed by atoms with Crippen molar-refractivity contribution in [3.05, 3.63) is 66.2 Å². The minimum atomic E-state index is -3.68. The first-order chi connectivity index (χ1) is 9.99. The summed E-state index contributed by atoms with van der Waals surface area (Å²) in [6.07, 6.45) is 0. The predicted octanol–water partition coefficient (Wildman–Crippen LogP) is 3.90. The summed E-state index contributed by atoms with van der Waals surface area (Å²) >= 11 is 6.47. The number of thiocarbonyl (C=S) groups is 1. The number of hydrogen-bond donors (Lipinski definition) is 0. The van der Waals surface area contributed by atoms with E-state index in [1.165, 1.54) is 23.9 Å². The third kappa shape index (κ3) is 4.49. The van der Waals surface area contributed by atoms with Gasteiger partial charge in [0, 0.05) is 0 Å². The molecule has 108 valence electrons. The highest BCUT2D eigenvalue weighted by Crippen LogP contribution is 2.19. The molecular weight excluding hydrogens is 322 g/mol. The SMILES string of the molecule is CC(=NS(=O)(=O)c1ccccc1)SC(=S)c1ccccc1. The van der Waals surface area contributed by atoms with E-state index >= 15 is 0 Å². The van der Waals surface area contributed by atoms with Gasteiger partial charge < -0.3 is 0 Å². The molecule has 21 heavy (non-hydrogen) atoms. The lowest BCUT2D eigenvalue weighted by atomic mass is 10.2. The van der Waals surface area contributed by atoms with Gasteiger partial charge in [-0.25, -0.2) is 0 Å². The summed E-state index contributed by atoms with van der Waals surface area (Å²) in [6, 6.07) is 17.6. The normalized spacial score (nSPS) is 12.1. The van der Waals surface area contributed by atoms with Crippen LogP contribution in [0.1, 0.15) is 12.5 Å². The Morgan fingerprint density at radius 2 is 1.52 bits per heavy atom. The maximum atomic E-state index is 12.1. The molecule has 0 spiro atoms. The van der Waals surface area contributed by atoms with Crippen LogP contribution >= 0.6 is 24.0 Å². The Labute approximate surface area is 134 Å². The Kier molecular flexibility index (Phi) is 5.27. The standard InChI is InChI=1S/C15H13NO2S3/c1-12(20-15(19)13-8-4-2-5-9-13)16-21(17,18)14-10-6-3-7-11-14/h2-11H,1H3. The highest BCUT2D eigenvalue weighted by atomic mass is 32.2. The lowest BCUT2D eigenvalue weighted by Crippen LogP contribution is -2.02. The Balaban J connectivity index is 2.17. The van der Waals surface area contributed by atoms with Crippen LogP contribution in [0.15, 0.2) is 70.0 Å². The van der Waals surface area contributed by atoms with E-state index in [0.29, 0.717) is 9.24 Å². The fraction of sp³-hybridized carbons (Fsp3) is 0.0667. The van der Waals surface area contributed by atoms with Gasteiger partial charge in [0.25, 0.3) is 10.0 Å². The van der Waals surface area contributed by atoms with Crippen LogP contribution in [0.25, 0.3) is 0 Å². The molecule has 0 aliphatic carbocycles. The summed E-state index contributed by atoms with van der Waals surface area (Å²) in [5.41, 5.74) is 0.879. The first kappa shape index (κ1) is 15.9. The van der Waals surface area contributed by atoms with Crippen molar-refractivity contribution in [2.24, 2.45) is 4.40 Å². The fourth-order valence-electron chi connectivity index (χ4n) is 1.60. The summed E-state index contributed by atoms with van der Waals surface area (Å²) in [5, 5.41) is 0.396. The van der Waals surface area contributed by atoms with Gasteiger partial charge in [-0.1, -0.05) is 72.5 Å². The van der Waals surface area contributed by atoms with Gasteiger partial charge in [0.1, 0.15) is 0 Å². The van der Waals surface area contributed by atoms with E-state index < -0.39 is 10.0 Å². The number of sulfonamides is 1. The van der Waals surface area contributed by atoms with Crippen molar-refractivity contribution in [2.75, 3.05) is 0 Å². The summed E-state index contributed by atoms with van der Waals surface area (Å²) in [5.74, 6) is 0. The quantitative estimate of drug-likeness (QED) is 0.485. The molecule has 0 aromatic heterocycles. The van der Waals surface area contributed by atoms with Gasteiger partial charge in [0.05, 0.1) is 14.1 Å². The maximum Gasteiger partial charge on any atom is 0.283 e. The maximum absolute atomic E-state index is 12.1. The number of hydrogen-bond acceptors (Lipinski definition) is 4. The Bertz CT molecular complexity index is 754. The summed E-state index contributed by atoms with van der Waals surface area (Å²) in [6.45, 7) is 1.64. The zero-order chi connectivity index (χ0) is 15.3. The molecule has 6 heteroatoms. The molecule has 0 amide bonds. The molecule has 0 aliphatic heterocycles. The molecule has 0 atom stereocenters. The average Bonchev–Trinajstić information content (AvgIpc) is 2.48. The monoisotopic (exact) mass is 335 g/mol. The minimum Gasteiger partial charge on any atom is -0.199 e. The van der Waals surface area contributed by atoms with Gasteiger partial charge in [0.2, 0.25) is 0 Å². The van der Waals surface area contributed by atoms with Gasteiger partial charge in [-0.15, -0.1) is 0 Å². The second-order valence-electron chi connectivity index (χ2n) is 4.15. The van der Waals surface area contributed by atoms with Crippen LogP contribution in [0.2, 0.25) is 0 Å². The molecule has 0 fully saturated rings. The molecule has 3 nitrogen and oxygen atoms in total. The highest BCUT2D eigenvalue weighted by molar-refractivity contribution is 8.33. The molecule has 0 heterocycles. The van der Waals surface area contributed by atoms with Gasteiger partial charge >= 0.3 is 0 Å². The third-order valence-corrected chi connectivity index (χ3v) is 5.33. The largest absolute Gasteiger partial charge is 0.283 e. The van der Waals surface area contributed by atoms with Crippen molar-refractivity contribution in [2.45, 2.75) is 11.8 Å². The van der Waals surface area contributed by atoms with E-state index in [4.69, 9.17) is 12.2 Å². The van der Waals surface area contributed by atoms with Crippen LogP contribution in [0, 0.1) is 0 Å². The van der Waals surface area contributed by atoms with Crippen molar-refractivity contribution in [3.8, 4) is 0 Å². The van der Waals surface area contributed by atoms with Gasteiger partial charge in [-0.05, 0) is 24.6 Å². The molecule has 0 radical (unpaired) electrons. The van der Waals surface area contributed by atoms with Gasteiger partial charge in [0.15, 0.2) is 0 Å². The molecule has 0 bridgehead atoms. The van der Waals surface area contributed by atoms with E-state index in [9.17, 15) is 8.42 Å². The average molecular weight is 335 g/mol. The van der Waals surface area contributed by atoms with E-state index in [1.807, 2.05) is 30.3 Å². The van der Waals surface area contributed by atoms with Gasteiger partial charge in [-0.2, -0.15) is 12.8 Å². The van der Waals surface area contributed by atoms with E-state index in [0.717, 1.165) is 5.56 Å². The summed E-state index contributed by atoms with van der Waals surface area (Å²) in [4.78, 5) is 0.176. The number of benzene rings is 2. The van der Waals surface area contributed by atoms with Crippen molar-refractivity contribution in [1.82, 2.24) is 0 Å². The molecule has 2 aromatic rings. The Morgan fingerprint density at radius 3 is 2.10 bits per heavy atom. The van der Waals surface area contributed by atoms with Crippen LogP contribution in [-0.4, -0.2) is 17.7 Å². The second kappa shape index (κ2) is 6.98. The van der Waals surface area contributed by atoms with Crippen LogP contribution in [0.4, 0.5) is 0 Å². The van der Waals surface area contributed by atoms with Crippen LogP contribution < -0.4 is 0 Å². The van der Waals surface area contributed by atoms with E-state index in [1.54, 1.807) is 25.1 Å².